The fraction of sp³-hybridized carbons (Fsp3) is 0.429. The number of carbonyl (C=O) groups is 2. The first kappa shape index (κ1) is 15.9. The molecule has 8 nitrogen and oxygen atoms in total. The number of anilines is 2. The van der Waals surface area contributed by atoms with Crippen molar-refractivity contribution >= 4 is 28.9 Å². The first-order valence-electron chi connectivity index (χ1n) is 6.83. The number of rotatable bonds is 6. The molecule has 1 aromatic carbocycles. The third-order valence-corrected chi connectivity index (χ3v) is 3.43. The minimum absolute atomic E-state index is 0.125. The van der Waals surface area contributed by atoms with Crippen LogP contribution in [0.3, 0.4) is 0 Å². The lowest BCUT2D eigenvalue weighted by molar-refractivity contribution is -0.383. The molecule has 1 atom stereocenters. The molecule has 1 aliphatic rings. The molecular weight excluding hydrogens is 290 g/mol. The lowest BCUT2D eigenvalue weighted by Gasteiger charge is -2.15. The number of nitrogens with one attached hydrogen (secondary N) is 1. The van der Waals surface area contributed by atoms with Gasteiger partial charge in [0.25, 0.3) is 5.69 Å². The Balaban J connectivity index is 2.31. The number of benzene rings is 1. The van der Waals surface area contributed by atoms with Gasteiger partial charge in [0.1, 0.15) is 5.69 Å². The number of carbonyl (C=O) groups excluding carboxylic acids is 2. The Hall–Kier alpha value is -2.48. The van der Waals surface area contributed by atoms with Crippen molar-refractivity contribution in [1.82, 2.24) is 0 Å². The third-order valence-electron chi connectivity index (χ3n) is 3.43. The molecule has 22 heavy (non-hydrogen) atoms. The molecule has 118 valence electrons. The quantitative estimate of drug-likeness (QED) is 0.370. The number of hydrogen-bond donors (Lipinski definition) is 1. The van der Waals surface area contributed by atoms with Crippen LogP contribution in [0.1, 0.15) is 13.3 Å². The Labute approximate surface area is 127 Å². The maximum absolute atomic E-state index is 12.0. The zero-order valence-corrected chi connectivity index (χ0v) is 12.4. The lowest BCUT2D eigenvalue weighted by atomic mass is 10.1. The van der Waals surface area contributed by atoms with Gasteiger partial charge in [-0.25, -0.2) is 0 Å². The van der Waals surface area contributed by atoms with Crippen LogP contribution in [0.4, 0.5) is 17.1 Å². The van der Waals surface area contributed by atoms with Crippen LogP contribution in [-0.4, -0.2) is 37.0 Å². The predicted molar refractivity (Wildman–Crippen MR) is 79.7 cm³/mol. The number of amides is 2. The molecule has 2 amide bonds. The Kier molecular flexibility index (Phi) is 4.71. The van der Waals surface area contributed by atoms with Crippen molar-refractivity contribution in [3.63, 3.8) is 0 Å². The topological polar surface area (TPSA) is 102 Å². The molecule has 1 saturated heterocycles. The van der Waals surface area contributed by atoms with Crippen LogP contribution in [0.2, 0.25) is 0 Å². The van der Waals surface area contributed by atoms with E-state index in [9.17, 15) is 19.7 Å². The number of methoxy groups -OCH3 is 1. The average Bonchev–Trinajstić information content (AvgIpc) is 2.73. The van der Waals surface area contributed by atoms with E-state index in [1.807, 2.05) is 0 Å². The number of imide groups is 1. The molecule has 1 heterocycles. The summed E-state index contributed by atoms with van der Waals surface area (Å²) in [6.45, 7) is 2.48. The fourth-order valence-corrected chi connectivity index (χ4v) is 2.30. The fourth-order valence-electron chi connectivity index (χ4n) is 2.30. The van der Waals surface area contributed by atoms with E-state index in [-0.39, 0.29) is 29.6 Å². The largest absolute Gasteiger partial charge is 0.383 e. The molecule has 0 aliphatic carbocycles. The zero-order valence-electron chi connectivity index (χ0n) is 12.4. The number of nitro benzene ring substituents is 1. The Morgan fingerprint density at radius 2 is 2.18 bits per heavy atom. The molecule has 0 spiro atoms. The number of nitrogens with zero attached hydrogens (tertiary/aromatic N) is 2. The van der Waals surface area contributed by atoms with Gasteiger partial charge in [0, 0.05) is 32.1 Å². The van der Waals surface area contributed by atoms with Crippen LogP contribution in [0, 0.1) is 16.0 Å². The van der Waals surface area contributed by atoms with Gasteiger partial charge in [0.05, 0.1) is 17.2 Å². The second-order valence-corrected chi connectivity index (χ2v) is 5.05. The van der Waals surface area contributed by atoms with E-state index in [2.05, 4.69) is 5.32 Å². The SMILES string of the molecule is COCCNc1ccc(N2C(=O)CC(C)C2=O)cc1[N+](=O)[O-]. The highest BCUT2D eigenvalue weighted by Crippen LogP contribution is 2.33. The summed E-state index contributed by atoms with van der Waals surface area (Å²) in [4.78, 5) is 35.5. The maximum atomic E-state index is 12.0. The Bertz CT molecular complexity index is 616. The summed E-state index contributed by atoms with van der Waals surface area (Å²) < 4.78 is 4.88. The van der Waals surface area contributed by atoms with Gasteiger partial charge in [-0.2, -0.15) is 0 Å². The molecule has 0 radical (unpaired) electrons. The van der Waals surface area contributed by atoms with Crippen LogP contribution < -0.4 is 10.2 Å². The summed E-state index contributed by atoms with van der Waals surface area (Å²) in [5.41, 5.74) is 0.357. The van der Waals surface area contributed by atoms with Gasteiger partial charge in [-0.15, -0.1) is 0 Å². The highest BCUT2D eigenvalue weighted by atomic mass is 16.6. The van der Waals surface area contributed by atoms with E-state index < -0.39 is 10.8 Å². The van der Waals surface area contributed by atoms with Gasteiger partial charge in [-0.3, -0.25) is 24.6 Å². The Morgan fingerprint density at radius 1 is 1.45 bits per heavy atom. The summed E-state index contributed by atoms with van der Waals surface area (Å²) in [6, 6.07) is 4.26. The molecule has 0 saturated carbocycles. The minimum atomic E-state index is -0.549. The Morgan fingerprint density at radius 3 is 2.73 bits per heavy atom. The highest BCUT2D eigenvalue weighted by Gasteiger charge is 2.37. The van der Waals surface area contributed by atoms with E-state index in [1.54, 1.807) is 6.92 Å². The van der Waals surface area contributed by atoms with E-state index in [0.717, 1.165) is 4.90 Å². The van der Waals surface area contributed by atoms with Crippen LogP contribution in [0.15, 0.2) is 18.2 Å². The molecule has 2 rings (SSSR count). The molecule has 1 unspecified atom stereocenters. The van der Waals surface area contributed by atoms with Crippen molar-refractivity contribution in [3.05, 3.63) is 28.3 Å². The van der Waals surface area contributed by atoms with Gasteiger partial charge in [-0.1, -0.05) is 6.92 Å². The van der Waals surface area contributed by atoms with Gasteiger partial charge >= 0.3 is 0 Å². The molecule has 8 heteroatoms. The van der Waals surface area contributed by atoms with Crippen molar-refractivity contribution in [1.29, 1.82) is 0 Å². The maximum Gasteiger partial charge on any atom is 0.294 e. The molecule has 0 bridgehead atoms. The van der Waals surface area contributed by atoms with Crippen molar-refractivity contribution in [2.45, 2.75) is 13.3 Å². The summed E-state index contributed by atoms with van der Waals surface area (Å²) in [5, 5.41) is 14.1. The second kappa shape index (κ2) is 6.52. The first-order chi connectivity index (χ1) is 10.5. The second-order valence-electron chi connectivity index (χ2n) is 5.05. The molecule has 1 fully saturated rings. The highest BCUT2D eigenvalue weighted by molar-refractivity contribution is 6.21. The average molecular weight is 307 g/mol. The molecule has 1 aliphatic heterocycles. The third kappa shape index (κ3) is 3.06. The lowest BCUT2D eigenvalue weighted by Crippen LogP contribution is -2.30. The molecular formula is C14H17N3O5. The van der Waals surface area contributed by atoms with Gasteiger partial charge < -0.3 is 10.1 Å². The molecule has 1 aromatic rings. The number of hydrogen-bond acceptors (Lipinski definition) is 6. The van der Waals surface area contributed by atoms with Crippen LogP contribution in [-0.2, 0) is 14.3 Å². The van der Waals surface area contributed by atoms with Gasteiger partial charge in [0.15, 0.2) is 0 Å². The standard InChI is InChI=1S/C14H17N3O5/c1-9-7-13(18)16(14(9)19)10-3-4-11(15-5-6-22-2)12(8-10)17(20)21/h3-4,8-9,15H,5-7H2,1-2H3. The van der Waals surface area contributed by atoms with Crippen molar-refractivity contribution in [2.75, 3.05) is 30.5 Å². The summed E-state index contributed by atoms with van der Waals surface area (Å²) >= 11 is 0. The zero-order chi connectivity index (χ0) is 16.3. The summed E-state index contributed by atoms with van der Waals surface area (Å²) in [6.07, 6.45) is 0.125. The van der Waals surface area contributed by atoms with E-state index in [1.165, 1.54) is 25.3 Å². The van der Waals surface area contributed by atoms with Crippen LogP contribution in [0.25, 0.3) is 0 Å². The normalized spacial score (nSPS) is 17.9. The van der Waals surface area contributed by atoms with E-state index >= 15 is 0 Å². The molecule has 0 aromatic heterocycles. The predicted octanol–water partition coefficient (Wildman–Crippen LogP) is 1.55. The van der Waals surface area contributed by atoms with Gasteiger partial charge in [-0.05, 0) is 12.1 Å². The van der Waals surface area contributed by atoms with E-state index in [0.29, 0.717) is 18.8 Å². The van der Waals surface area contributed by atoms with Crippen molar-refractivity contribution in [3.8, 4) is 0 Å². The van der Waals surface area contributed by atoms with Crippen molar-refractivity contribution < 1.29 is 19.2 Å². The summed E-state index contributed by atoms with van der Waals surface area (Å²) in [7, 11) is 1.53. The van der Waals surface area contributed by atoms with Crippen LogP contribution in [0.5, 0.6) is 0 Å². The molecule has 1 N–H and O–H groups in total. The summed E-state index contributed by atoms with van der Waals surface area (Å²) in [5.74, 6) is -1.07. The minimum Gasteiger partial charge on any atom is -0.383 e. The van der Waals surface area contributed by atoms with Crippen LogP contribution >= 0.6 is 0 Å². The van der Waals surface area contributed by atoms with Gasteiger partial charge in [0.2, 0.25) is 11.8 Å². The number of ether oxygens (including phenoxy) is 1. The smallest absolute Gasteiger partial charge is 0.294 e. The number of nitro groups is 1. The van der Waals surface area contributed by atoms with E-state index in [4.69, 9.17) is 4.74 Å². The monoisotopic (exact) mass is 307 g/mol. The van der Waals surface area contributed by atoms with Crippen molar-refractivity contribution in [2.24, 2.45) is 5.92 Å². The first-order valence-corrected chi connectivity index (χ1v) is 6.83.